The summed E-state index contributed by atoms with van der Waals surface area (Å²) in [5.74, 6) is 0.929. The molecule has 0 radical (unpaired) electrons. The first-order valence-corrected chi connectivity index (χ1v) is 6.95. The lowest BCUT2D eigenvalue weighted by atomic mass is 10.4. The summed E-state index contributed by atoms with van der Waals surface area (Å²) in [6.07, 6.45) is 2.52. The van der Waals surface area contributed by atoms with E-state index in [0.717, 1.165) is 18.7 Å². The standard InChI is InChI=1S/C13H19N7O/c1-3-8-21-13-18-11(14-4-2)17-12(19-13)15-9-10-6-5-7-16-20-10/h5-7H,3-4,8-9H2,1-2H3,(H2,14,15,17,18,19). The first kappa shape index (κ1) is 14.9. The van der Waals surface area contributed by atoms with E-state index >= 15 is 0 Å². The Morgan fingerprint density at radius 3 is 2.57 bits per heavy atom. The van der Waals surface area contributed by atoms with Gasteiger partial charge < -0.3 is 15.4 Å². The van der Waals surface area contributed by atoms with E-state index in [2.05, 4.69) is 35.8 Å². The first-order valence-electron chi connectivity index (χ1n) is 6.95. The van der Waals surface area contributed by atoms with E-state index in [1.165, 1.54) is 0 Å². The maximum absolute atomic E-state index is 5.46. The third-order valence-corrected chi connectivity index (χ3v) is 2.44. The second kappa shape index (κ2) is 7.93. The van der Waals surface area contributed by atoms with Crippen molar-refractivity contribution in [1.29, 1.82) is 0 Å². The molecule has 8 heteroatoms. The average molecular weight is 289 g/mol. The Balaban J connectivity index is 2.07. The zero-order chi connectivity index (χ0) is 14.9. The molecule has 0 aliphatic heterocycles. The zero-order valence-electron chi connectivity index (χ0n) is 12.2. The Hall–Kier alpha value is -2.51. The van der Waals surface area contributed by atoms with Gasteiger partial charge in [0.05, 0.1) is 18.8 Å². The van der Waals surface area contributed by atoms with Crippen molar-refractivity contribution >= 4 is 11.9 Å². The summed E-state index contributed by atoms with van der Waals surface area (Å²) in [5.41, 5.74) is 0.805. The van der Waals surface area contributed by atoms with Crippen LogP contribution in [0, 0.1) is 0 Å². The van der Waals surface area contributed by atoms with Crippen LogP contribution in [0.3, 0.4) is 0 Å². The second-order valence-corrected chi connectivity index (χ2v) is 4.21. The van der Waals surface area contributed by atoms with Crippen LogP contribution in [0.4, 0.5) is 11.9 Å². The number of nitrogens with zero attached hydrogens (tertiary/aromatic N) is 5. The van der Waals surface area contributed by atoms with Gasteiger partial charge in [-0.1, -0.05) is 6.92 Å². The van der Waals surface area contributed by atoms with E-state index < -0.39 is 0 Å². The molecule has 0 aliphatic rings. The van der Waals surface area contributed by atoms with Crippen LogP contribution in [-0.2, 0) is 6.54 Å². The highest BCUT2D eigenvalue weighted by molar-refractivity contribution is 5.36. The summed E-state index contributed by atoms with van der Waals surface area (Å²) < 4.78 is 5.46. The van der Waals surface area contributed by atoms with E-state index in [9.17, 15) is 0 Å². The number of nitrogens with one attached hydrogen (secondary N) is 2. The molecule has 2 rings (SSSR count). The molecule has 0 bridgehead atoms. The molecular formula is C13H19N7O. The third kappa shape index (κ3) is 4.83. The highest BCUT2D eigenvalue weighted by Crippen LogP contribution is 2.12. The SMILES string of the molecule is CCCOc1nc(NCC)nc(NCc2cccnn2)n1. The number of ether oxygens (including phenoxy) is 1. The highest BCUT2D eigenvalue weighted by atomic mass is 16.5. The Labute approximate surface area is 123 Å². The average Bonchev–Trinajstić information content (AvgIpc) is 2.52. The predicted molar refractivity (Wildman–Crippen MR) is 79.1 cm³/mol. The molecule has 0 unspecified atom stereocenters. The van der Waals surface area contributed by atoms with Gasteiger partial charge in [-0.05, 0) is 25.5 Å². The molecule has 2 aromatic heterocycles. The molecule has 0 aromatic carbocycles. The molecule has 8 nitrogen and oxygen atoms in total. The molecule has 2 N–H and O–H groups in total. The predicted octanol–water partition coefficient (Wildman–Crippen LogP) is 1.49. The van der Waals surface area contributed by atoms with Gasteiger partial charge in [-0.25, -0.2) is 0 Å². The lowest BCUT2D eigenvalue weighted by molar-refractivity contribution is 0.292. The lowest BCUT2D eigenvalue weighted by Crippen LogP contribution is -2.11. The maximum Gasteiger partial charge on any atom is 0.323 e. The van der Waals surface area contributed by atoms with E-state index in [1.54, 1.807) is 6.20 Å². The topological polar surface area (TPSA) is 97.7 Å². The van der Waals surface area contributed by atoms with Crippen molar-refractivity contribution in [2.45, 2.75) is 26.8 Å². The van der Waals surface area contributed by atoms with Crippen LogP contribution in [0.2, 0.25) is 0 Å². The van der Waals surface area contributed by atoms with Gasteiger partial charge in [0.15, 0.2) is 0 Å². The molecule has 0 amide bonds. The summed E-state index contributed by atoms with van der Waals surface area (Å²) in [6, 6.07) is 4.02. The molecule has 112 valence electrons. The van der Waals surface area contributed by atoms with Crippen molar-refractivity contribution in [3.8, 4) is 6.01 Å². The molecule has 0 saturated carbocycles. The maximum atomic E-state index is 5.46. The minimum atomic E-state index is 0.310. The minimum Gasteiger partial charge on any atom is -0.463 e. The minimum absolute atomic E-state index is 0.310. The first-order chi connectivity index (χ1) is 10.3. The van der Waals surface area contributed by atoms with Crippen LogP contribution in [0.25, 0.3) is 0 Å². The molecule has 0 spiro atoms. The van der Waals surface area contributed by atoms with Crippen LogP contribution in [-0.4, -0.2) is 38.3 Å². The zero-order valence-corrected chi connectivity index (χ0v) is 12.2. The van der Waals surface area contributed by atoms with Crippen LogP contribution in [0.5, 0.6) is 6.01 Å². The second-order valence-electron chi connectivity index (χ2n) is 4.21. The number of anilines is 2. The number of hydrogen-bond acceptors (Lipinski definition) is 8. The van der Waals surface area contributed by atoms with E-state index in [4.69, 9.17) is 4.74 Å². The molecular weight excluding hydrogens is 270 g/mol. The van der Waals surface area contributed by atoms with Crippen molar-refractivity contribution in [3.63, 3.8) is 0 Å². The molecule has 2 aromatic rings. The van der Waals surface area contributed by atoms with E-state index in [1.807, 2.05) is 26.0 Å². The van der Waals surface area contributed by atoms with E-state index in [0.29, 0.717) is 31.1 Å². The van der Waals surface area contributed by atoms with Gasteiger partial charge in [0, 0.05) is 12.7 Å². The van der Waals surface area contributed by atoms with Gasteiger partial charge in [0.25, 0.3) is 0 Å². The van der Waals surface area contributed by atoms with Gasteiger partial charge in [-0.2, -0.15) is 25.1 Å². The molecule has 0 fully saturated rings. The quantitative estimate of drug-likeness (QED) is 0.754. The van der Waals surface area contributed by atoms with Crippen LogP contribution in [0.1, 0.15) is 26.0 Å². The summed E-state index contributed by atoms with van der Waals surface area (Å²) in [6.45, 7) is 5.78. The highest BCUT2D eigenvalue weighted by Gasteiger charge is 2.07. The van der Waals surface area contributed by atoms with Gasteiger partial charge in [-0.15, -0.1) is 0 Å². The molecule has 2 heterocycles. The Bertz CT molecular complexity index is 549. The van der Waals surface area contributed by atoms with Crippen LogP contribution in [0.15, 0.2) is 18.3 Å². The smallest absolute Gasteiger partial charge is 0.323 e. The summed E-state index contributed by atoms with van der Waals surface area (Å²) in [7, 11) is 0. The molecule has 0 saturated heterocycles. The number of hydrogen-bond donors (Lipinski definition) is 2. The van der Waals surface area contributed by atoms with Gasteiger partial charge >= 0.3 is 6.01 Å². The van der Waals surface area contributed by atoms with Gasteiger partial charge in [-0.3, -0.25) is 0 Å². The summed E-state index contributed by atoms with van der Waals surface area (Å²) in [4.78, 5) is 12.7. The number of rotatable bonds is 8. The fourth-order valence-electron chi connectivity index (χ4n) is 1.53. The Morgan fingerprint density at radius 2 is 1.90 bits per heavy atom. The van der Waals surface area contributed by atoms with E-state index in [-0.39, 0.29) is 0 Å². The lowest BCUT2D eigenvalue weighted by Gasteiger charge is -2.09. The Morgan fingerprint density at radius 1 is 1.10 bits per heavy atom. The molecule has 21 heavy (non-hydrogen) atoms. The monoisotopic (exact) mass is 289 g/mol. The largest absolute Gasteiger partial charge is 0.463 e. The van der Waals surface area contributed by atoms with Crippen molar-refractivity contribution in [1.82, 2.24) is 25.1 Å². The normalized spacial score (nSPS) is 10.2. The summed E-state index contributed by atoms with van der Waals surface area (Å²) in [5, 5.41) is 14.0. The van der Waals surface area contributed by atoms with Gasteiger partial charge in [0.2, 0.25) is 11.9 Å². The Kier molecular flexibility index (Phi) is 5.62. The van der Waals surface area contributed by atoms with Crippen molar-refractivity contribution in [2.75, 3.05) is 23.8 Å². The third-order valence-electron chi connectivity index (χ3n) is 2.44. The summed E-state index contributed by atoms with van der Waals surface area (Å²) >= 11 is 0. The number of aromatic nitrogens is 5. The fourth-order valence-corrected chi connectivity index (χ4v) is 1.53. The van der Waals surface area contributed by atoms with Crippen LogP contribution < -0.4 is 15.4 Å². The van der Waals surface area contributed by atoms with Crippen molar-refractivity contribution in [3.05, 3.63) is 24.0 Å². The molecule has 0 atom stereocenters. The van der Waals surface area contributed by atoms with Crippen LogP contribution >= 0.6 is 0 Å². The molecule has 0 aliphatic carbocycles. The van der Waals surface area contributed by atoms with Crippen molar-refractivity contribution in [2.24, 2.45) is 0 Å². The van der Waals surface area contributed by atoms with Gasteiger partial charge in [0.1, 0.15) is 0 Å². The van der Waals surface area contributed by atoms with Crippen molar-refractivity contribution < 1.29 is 4.74 Å². The fraction of sp³-hybridized carbons (Fsp3) is 0.462.